The largest absolute Gasteiger partial charge is 0.367 e. The second-order valence-electron chi connectivity index (χ2n) is 7.49. The fourth-order valence-electron chi connectivity index (χ4n) is 3.89. The van der Waals surface area contributed by atoms with Crippen LogP contribution < -0.4 is 10.2 Å². The maximum absolute atomic E-state index is 4.65. The number of piperidine rings is 1. The minimum atomic E-state index is 0.354. The number of anilines is 2. The zero-order chi connectivity index (χ0) is 20.3. The molecule has 1 saturated heterocycles. The van der Waals surface area contributed by atoms with E-state index in [2.05, 4.69) is 66.4 Å². The molecular weight excluding hydrogens is 376 g/mol. The highest BCUT2D eigenvalue weighted by molar-refractivity contribution is 5.65. The fraction of sp³-hybridized carbons (Fsp3) is 0.318. The van der Waals surface area contributed by atoms with Crippen molar-refractivity contribution in [1.82, 2.24) is 29.5 Å². The predicted octanol–water partition coefficient (Wildman–Crippen LogP) is 3.22. The quantitative estimate of drug-likeness (QED) is 0.551. The van der Waals surface area contributed by atoms with Crippen molar-refractivity contribution >= 4 is 17.4 Å². The second-order valence-corrected chi connectivity index (χ2v) is 7.49. The molecule has 1 aliphatic heterocycles. The number of aryl methyl sites for hydroxylation is 1. The van der Waals surface area contributed by atoms with E-state index in [9.17, 15) is 0 Å². The van der Waals surface area contributed by atoms with Crippen LogP contribution in [-0.4, -0.2) is 48.7 Å². The van der Waals surface area contributed by atoms with Crippen LogP contribution in [0.4, 0.5) is 11.6 Å². The highest BCUT2D eigenvalue weighted by atomic mass is 15.4. The van der Waals surface area contributed by atoms with Crippen molar-refractivity contribution in [2.75, 3.05) is 23.3 Å². The Morgan fingerprint density at radius 1 is 1.00 bits per heavy atom. The predicted molar refractivity (Wildman–Crippen MR) is 116 cm³/mol. The van der Waals surface area contributed by atoms with Crippen molar-refractivity contribution in [2.45, 2.75) is 32.2 Å². The summed E-state index contributed by atoms with van der Waals surface area (Å²) in [6.07, 6.45) is 6.18. The second kappa shape index (κ2) is 8.06. The van der Waals surface area contributed by atoms with E-state index < -0.39 is 0 Å². The van der Waals surface area contributed by atoms with Crippen LogP contribution in [0.5, 0.6) is 0 Å². The molecule has 4 heterocycles. The van der Waals surface area contributed by atoms with E-state index >= 15 is 0 Å². The molecule has 5 rings (SSSR count). The van der Waals surface area contributed by atoms with E-state index in [0.717, 1.165) is 60.9 Å². The summed E-state index contributed by atoms with van der Waals surface area (Å²) in [7, 11) is 0. The molecule has 1 fully saturated rings. The van der Waals surface area contributed by atoms with Crippen molar-refractivity contribution in [2.24, 2.45) is 0 Å². The van der Waals surface area contributed by atoms with Gasteiger partial charge in [-0.2, -0.15) is 14.6 Å². The lowest BCUT2D eigenvalue weighted by Gasteiger charge is -2.33. The molecule has 0 amide bonds. The van der Waals surface area contributed by atoms with Gasteiger partial charge < -0.3 is 10.2 Å². The van der Waals surface area contributed by atoms with Gasteiger partial charge in [0.2, 0.25) is 0 Å². The molecule has 0 unspecified atom stereocenters. The van der Waals surface area contributed by atoms with E-state index in [1.165, 1.54) is 0 Å². The molecular formula is C22H24N8. The minimum absolute atomic E-state index is 0.354. The molecule has 8 nitrogen and oxygen atoms in total. The van der Waals surface area contributed by atoms with Crippen LogP contribution in [0, 0.1) is 0 Å². The molecule has 0 spiro atoms. The van der Waals surface area contributed by atoms with E-state index in [-0.39, 0.29) is 0 Å². The van der Waals surface area contributed by atoms with E-state index in [1.54, 1.807) is 17.2 Å². The summed E-state index contributed by atoms with van der Waals surface area (Å²) in [6, 6.07) is 14.7. The topological polar surface area (TPSA) is 84.1 Å². The molecule has 0 bridgehead atoms. The smallest absolute Gasteiger partial charge is 0.254 e. The zero-order valence-electron chi connectivity index (χ0n) is 16.9. The van der Waals surface area contributed by atoms with Gasteiger partial charge in [0, 0.05) is 42.5 Å². The number of nitrogens with zero attached hydrogens (tertiary/aromatic N) is 7. The Kier molecular flexibility index (Phi) is 4.96. The highest BCUT2D eigenvalue weighted by Gasteiger charge is 2.22. The van der Waals surface area contributed by atoms with Crippen molar-refractivity contribution in [3.05, 3.63) is 60.8 Å². The molecule has 4 aromatic rings. The first-order valence-corrected chi connectivity index (χ1v) is 10.4. The third-order valence-corrected chi connectivity index (χ3v) is 5.56. The number of hydrogen-bond acceptors (Lipinski definition) is 7. The van der Waals surface area contributed by atoms with Crippen molar-refractivity contribution in [3.8, 4) is 11.3 Å². The first-order chi connectivity index (χ1) is 14.8. The maximum atomic E-state index is 4.65. The fourth-order valence-corrected chi connectivity index (χ4v) is 3.89. The molecule has 0 aliphatic carbocycles. The van der Waals surface area contributed by atoms with E-state index in [0.29, 0.717) is 11.8 Å². The van der Waals surface area contributed by atoms with Gasteiger partial charge in [0.15, 0.2) is 0 Å². The number of fused-ring (bicyclic) bond motifs is 1. The Balaban J connectivity index is 1.33. The van der Waals surface area contributed by atoms with Crippen LogP contribution >= 0.6 is 0 Å². The monoisotopic (exact) mass is 400 g/mol. The Morgan fingerprint density at radius 3 is 2.63 bits per heavy atom. The van der Waals surface area contributed by atoms with Crippen molar-refractivity contribution < 1.29 is 0 Å². The lowest BCUT2D eigenvalue weighted by molar-refractivity contribution is 0.520. The molecule has 8 heteroatoms. The van der Waals surface area contributed by atoms with Crippen LogP contribution in [0.15, 0.2) is 55.1 Å². The summed E-state index contributed by atoms with van der Waals surface area (Å²) < 4.78 is 1.77. The Morgan fingerprint density at radius 2 is 1.83 bits per heavy atom. The molecule has 0 saturated carbocycles. The number of aromatic nitrogens is 6. The molecule has 152 valence electrons. The Hall–Kier alpha value is -3.55. The molecule has 0 radical (unpaired) electrons. The van der Waals surface area contributed by atoms with E-state index in [1.807, 2.05) is 18.2 Å². The average Bonchev–Trinajstić information content (AvgIpc) is 3.29. The van der Waals surface area contributed by atoms with Gasteiger partial charge in [-0.15, -0.1) is 0 Å². The van der Waals surface area contributed by atoms with Gasteiger partial charge >= 0.3 is 0 Å². The molecule has 1 N–H and O–H groups in total. The summed E-state index contributed by atoms with van der Waals surface area (Å²) >= 11 is 0. The van der Waals surface area contributed by atoms with Crippen LogP contribution in [0.1, 0.15) is 25.5 Å². The average molecular weight is 400 g/mol. The lowest BCUT2D eigenvalue weighted by Crippen LogP contribution is -2.40. The lowest BCUT2D eigenvalue weighted by atomic mass is 10.0. The summed E-state index contributed by atoms with van der Waals surface area (Å²) in [5, 5.41) is 8.03. The molecule has 30 heavy (non-hydrogen) atoms. The standard InChI is InChI=1S/C22H24N8/c1-2-17-12-20(24-14-23-17)29-10-8-18(9-11-29)27-21-13-19(16-6-4-3-5-7-16)28-22-25-15-26-30(21)22/h3-7,12-15,18,27H,2,8-11H2,1H3. The SMILES string of the molecule is CCc1cc(N2CCC(Nc3cc(-c4ccccc4)nc4ncnn34)CC2)ncn1. The number of hydrogen-bond donors (Lipinski definition) is 1. The van der Waals surface area contributed by atoms with Gasteiger partial charge in [0.25, 0.3) is 5.78 Å². The van der Waals surface area contributed by atoms with Gasteiger partial charge in [-0.05, 0) is 19.3 Å². The van der Waals surface area contributed by atoms with Crippen molar-refractivity contribution in [3.63, 3.8) is 0 Å². The van der Waals surface area contributed by atoms with Crippen LogP contribution in [0.3, 0.4) is 0 Å². The molecule has 1 aromatic carbocycles. The van der Waals surface area contributed by atoms with E-state index in [4.69, 9.17) is 0 Å². The third kappa shape index (κ3) is 3.68. The number of rotatable bonds is 5. The van der Waals surface area contributed by atoms with Gasteiger partial charge in [0.1, 0.15) is 24.3 Å². The summed E-state index contributed by atoms with van der Waals surface area (Å²) in [6.45, 7) is 4.02. The van der Waals surface area contributed by atoms with Crippen LogP contribution in [0.25, 0.3) is 17.0 Å². The summed E-state index contributed by atoms with van der Waals surface area (Å²) in [4.78, 5) is 20.1. The normalized spacial score (nSPS) is 14.9. The summed E-state index contributed by atoms with van der Waals surface area (Å²) in [5.41, 5.74) is 3.04. The van der Waals surface area contributed by atoms with Crippen LogP contribution in [-0.2, 0) is 6.42 Å². The first-order valence-electron chi connectivity index (χ1n) is 10.4. The van der Waals surface area contributed by atoms with Gasteiger partial charge in [-0.1, -0.05) is 37.3 Å². The number of nitrogens with one attached hydrogen (secondary N) is 1. The van der Waals surface area contributed by atoms with Gasteiger partial charge in [-0.3, -0.25) is 0 Å². The molecule has 1 aliphatic rings. The van der Waals surface area contributed by atoms with Gasteiger partial charge in [0.05, 0.1) is 5.69 Å². The Bertz CT molecular complexity index is 1130. The zero-order valence-corrected chi connectivity index (χ0v) is 16.9. The minimum Gasteiger partial charge on any atom is -0.367 e. The molecule has 0 atom stereocenters. The number of benzene rings is 1. The first kappa shape index (κ1) is 18.5. The third-order valence-electron chi connectivity index (χ3n) is 5.56. The summed E-state index contributed by atoms with van der Waals surface area (Å²) in [5.74, 6) is 2.55. The van der Waals surface area contributed by atoms with Crippen LogP contribution in [0.2, 0.25) is 0 Å². The highest BCUT2D eigenvalue weighted by Crippen LogP contribution is 2.24. The molecule has 3 aromatic heterocycles. The van der Waals surface area contributed by atoms with Crippen molar-refractivity contribution in [1.29, 1.82) is 0 Å². The maximum Gasteiger partial charge on any atom is 0.254 e. The van der Waals surface area contributed by atoms with Gasteiger partial charge in [-0.25, -0.2) is 15.0 Å². The Labute approximate surface area is 175 Å².